The minimum Gasteiger partial charge on any atom is -0.393 e. The third-order valence-corrected chi connectivity index (χ3v) is 6.27. The first kappa shape index (κ1) is 23.6. The Morgan fingerprint density at radius 2 is 1.62 bits per heavy atom. The molecule has 3 N–H and O–H groups in total. The summed E-state index contributed by atoms with van der Waals surface area (Å²) in [6.45, 7) is 11.7. The Morgan fingerprint density at radius 3 is 2.10 bits per heavy atom. The minimum atomic E-state index is -0.370. The maximum atomic E-state index is 11.0. The molecule has 0 fully saturated rings. The predicted molar refractivity (Wildman–Crippen MR) is 123 cm³/mol. The van der Waals surface area contributed by atoms with E-state index >= 15 is 0 Å². The van der Waals surface area contributed by atoms with Crippen molar-refractivity contribution < 1.29 is 5.11 Å². The Bertz CT molecular complexity index is 694. The SMILES string of the molecule is CC(C)CCC(c1ccc(CN)cc1)C(C(C)O)C(Cc1cccnc1)C(C)C. The summed E-state index contributed by atoms with van der Waals surface area (Å²) in [5.74, 6) is 2.02. The molecule has 3 heteroatoms. The summed E-state index contributed by atoms with van der Waals surface area (Å²) >= 11 is 0. The zero-order valence-electron chi connectivity index (χ0n) is 18.9. The number of nitrogens with two attached hydrogens (primary N) is 1. The third-order valence-electron chi connectivity index (χ3n) is 6.27. The number of hydrogen-bond donors (Lipinski definition) is 2. The molecule has 0 bridgehead atoms. The Balaban J connectivity index is 2.40. The molecule has 2 aromatic rings. The number of aromatic nitrogens is 1. The van der Waals surface area contributed by atoms with E-state index in [1.807, 2.05) is 25.4 Å². The Hall–Kier alpha value is -1.71. The van der Waals surface area contributed by atoms with Crippen molar-refractivity contribution in [1.29, 1.82) is 0 Å². The van der Waals surface area contributed by atoms with Gasteiger partial charge in [-0.15, -0.1) is 0 Å². The van der Waals surface area contributed by atoms with Gasteiger partial charge in [-0.1, -0.05) is 64.4 Å². The van der Waals surface area contributed by atoms with Crippen molar-refractivity contribution in [2.24, 2.45) is 29.4 Å². The van der Waals surface area contributed by atoms with Crippen LogP contribution in [0.5, 0.6) is 0 Å². The summed E-state index contributed by atoms with van der Waals surface area (Å²) in [5.41, 5.74) is 9.54. The highest BCUT2D eigenvalue weighted by Crippen LogP contribution is 2.41. The van der Waals surface area contributed by atoms with Crippen molar-refractivity contribution in [2.45, 2.75) is 72.4 Å². The standard InChI is InChI=1S/C26H40N2O/c1-18(2)8-13-24(23-11-9-21(16-27)10-12-23)26(20(5)29)25(19(3)4)15-22-7-6-14-28-17-22/h6-7,9-12,14,17-20,24-26,29H,8,13,15-16,27H2,1-5H3. The third kappa shape index (κ3) is 6.94. The number of benzene rings is 1. The lowest BCUT2D eigenvalue weighted by Crippen LogP contribution is -2.36. The van der Waals surface area contributed by atoms with Gasteiger partial charge in [-0.25, -0.2) is 0 Å². The van der Waals surface area contributed by atoms with E-state index in [1.54, 1.807) is 0 Å². The number of aliphatic hydroxyl groups excluding tert-OH is 1. The molecule has 160 valence electrons. The van der Waals surface area contributed by atoms with Crippen molar-refractivity contribution >= 4 is 0 Å². The van der Waals surface area contributed by atoms with Gasteiger partial charge in [0.25, 0.3) is 0 Å². The maximum absolute atomic E-state index is 11.0. The van der Waals surface area contributed by atoms with Gasteiger partial charge >= 0.3 is 0 Å². The number of aliphatic hydroxyl groups is 1. The normalized spacial score (nSPS) is 16.0. The van der Waals surface area contributed by atoms with Gasteiger partial charge in [0.05, 0.1) is 6.10 Å². The van der Waals surface area contributed by atoms with Crippen molar-refractivity contribution in [3.05, 3.63) is 65.5 Å². The van der Waals surface area contributed by atoms with Gasteiger partial charge in [0.15, 0.2) is 0 Å². The fourth-order valence-corrected chi connectivity index (χ4v) is 4.59. The minimum absolute atomic E-state index is 0.192. The van der Waals surface area contributed by atoms with Crippen LogP contribution in [0.3, 0.4) is 0 Å². The van der Waals surface area contributed by atoms with Gasteiger partial charge in [-0.2, -0.15) is 0 Å². The van der Waals surface area contributed by atoms with Crippen molar-refractivity contribution in [2.75, 3.05) is 0 Å². The first-order valence-corrected chi connectivity index (χ1v) is 11.2. The molecule has 1 heterocycles. The molecule has 4 unspecified atom stereocenters. The van der Waals surface area contributed by atoms with E-state index in [4.69, 9.17) is 5.73 Å². The summed E-state index contributed by atoms with van der Waals surface area (Å²) in [4.78, 5) is 4.31. The van der Waals surface area contributed by atoms with E-state index in [0.717, 1.165) is 24.8 Å². The highest BCUT2D eigenvalue weighted by molar-refractivity contribution is 5.26. The van der Waals surface area contributed by atoms with E-state index in [0.29, 0.717) is 30.2 Å². The van der Waals surface area contributed by atoms with Crippen LogP contribution in [0.2, 0.25) is 0 Å². The molecule has 0 saturated heterocycles. The zero-order chi connectivity index (χ0) is 21.4. The van der Waals surface area contributed by atoms with E-state index in [2.05, 4.69) is 63.0 Å². The largest absolute Gasteiger partial charge is 0.393 e. The summed E-state index contributed by atoms with van der Waals surface area (Å²) < 4.78 is 0. The Kier molecular flexibility index (Phi) is 9.32. The van der Waals surface area contributed by atoms with Gasteiger partial charge < -0.3 is 10.8 Å². The van der Waals surface area contributed by atoms with Crippen LogP contribution in [-0.4, -0.2) is 16.2 Å². The molecule has 1 aromatic carbocycles. The second-order valence-electron chi connectivity index (χ2n) is 9.31. The smallest absolute Gasteiger partial charge is 0.0548 e. The number of pyridine rings is 1. The van der Waals surface area contributed by atoms with Crippen molar-refractivity contribution in [1.82, 2.24) is 4.98 Å². The topological polar surface area (TPSA) is 59.1 Å². The van der Waals surface area contributed by atoms with Crippen LogP contribution in [0.25, 0.3) is 0 Å². The van der Waals surface area contributed by atoms with Crippen LogP contribution in [0.15, 0.2) is 48.8 Å². The van der Waals surface area contributed by atoms with E-state index < -0.39 is 0 Å². The van der Waals surface area contributed by atoms with Gasteiger partial charge in [0.1, 0.15) is 0 Å². The molecule has 0 radical (unpaired) electrons. The van der Waals surface area contributed by atoms with Crippen LogP contribution >= 0.6 is 0 Å². The number of rotatable bonds is 11. The highest BCUT2D eigenvalue weighted by Gasteiger charge is 2.35. The Morgan fingerprint density at radius 1 is 0.931 bits per heavy atom. The van der Waals surface area contributed by atoms with Gasteiger partial charge in [0.2, 0.25) is 0 Å². The van der Waals surface area contributed by atoms with Crippen molar-refractivity contribution in [3.8, 4) is 0 Å². The number of hydrogen-bond acceptors (Lipinski definition) is 3. The molecule has 0 spiro atoms. The number of nitrogens with zero attached hydrogens (tertiary/aromatic N) is 1. The Labute approximate surface area is 177 Å². The van der Waals surface area contributed by atoms with Crippen LogP contribution < -0.4 is 5.73 Å². The molecule has 29 heavy (non-hydrogen) atoms. The average Bonchev–Trinajstić information content (AvgIpc) is 2.70. The lowest BCUT2D eigenvalue weighted by molar-refractivity contribution is 0.0475. The van der Waals surface area contributed by atoms with E-state index in [1.165, 1.54) is 11.1 Å². The molecule has 0 aliphatic rings. The fraction of sp³-hybridized carbons (Fsp3) is 0.577. The summed E-state index contributed by atoms with van der Waals surface area (Å²) in [6, 6.07) is 12.9. The quantitative estimate of drug-likeness (QED) is 0.522. The summed E-state index contributed by atoms with van der Waals surface area (Å²) in [6.07, 6.45) is 6.61. The monoisotopic (exact) mass is 396 g/mol. The molecule has 0 aliphatic heterocycles. The zero-order valence-corrected chi connectivity index (χ0v) is 18.9. The van der Waals surface area contributed by atoms with Crippen LogP contribution in [-0.2, 0) is 13.0 Å². The molecule has 0 aliphatic carbocycles. The molecule has 0 saturated carbocycles. The summed E-state index contributed by atoms with van der Waals surface area (Å²) in [7, 11) is 0. The molecular formula is C26H40N2O. The maximum Gasteiger partial charge on any atom is 0.0548 e. The first-order chi connectivity index (χ1) is 13.8. The molecular weight excluding hydrogens is 356 g/mol. The molecule has 0 amide bonds. The van der Waals surface area contributed by atoms with Crippen molar-refractivity contribution in [3.63, 3.8) is 0 Å². The predicted octanol–water partition coefficient (Wildman–Crippen LogP) is 5.57. The van der Waals surface area contributed by atoms with Gasteiger partial charge in [-0.3, -0.25) is 4.98 Å². The molecule has 4 atom stereocenters. The first-order valence-electron chi connectivity index (χ1n) is 11.2. The fourth-order valence-electron chi connectivity index (χ4n) is 4.59. The van der Waals surface area contributed by atoms with E-state index in [-0.39, 0.29) is 12.0 Å². The lowest BCUT2D eigenvalue weighted by atomic mass is 9.67. The van der Waals surface area contributed by atoms with Crippen LogP contribution in [0.4, 0.5) is 0 Å². The van der Waals surface area contributed by atoms with E-state index in [9.17, 15) is 5.11 Å². The van der Waals surface area contributed by atoms with Gasteiger partial charge in [0, 0.05) is 18.9 Å². The average molecular weight is 397 g/mol. The highest BCUT2D eigenvalue weighted by atomic mass is 16.3. The molecule has 1 aromatic heterocycles. The molecule has 3 nitrogen and oxygen atoms in total. The second kappa shape index (κ2) is 11.5. The molecule has 2 rings (SSSR count). The van der Waals surface area contributed by atoms with Crippen LogP contribution in [0, 0.1) is 23.7 Å². The second-order valence-corrected chi connectivity index (χ2v) is 9.31. The van der Waals surface area contributed by atoms with Gasteiger partial charge in [-0.05, 0) is 72.1 Å². The van der Waals surface area contributed by atoms with Crippen LogP contribution in [0.1, 0.15) is 70.1 Å². The lowest BCUT2D eigenvalue weighted by Gasteiger charge is -2.39. The summed E-state index contributed by atoms with van der Waals surface area (Å²) in [5, 5.41) is 11.0.